The van der Waals surface area contributed by atoms with Crippen molar-refractivity contribution in [3.8, 4) is 5.75 Å². The molecule has 2 aliphatic rings. The molecule has 1 fully saturated rings. The molecule has 0 saturated heterocycles. The van der Waals surface area contributed by atoms with Gasteiger partial charge in [-0.05, 0) is 76.4 Å². The third-order valence-electron chi connectivity index (χ3n) is 8.17. The molecule has 3 heterocycles. The van der Waals surface area contributed by atoms with E-state index in [9.17, 15) is 9.90 Å². The molecule has 1 atom stereocenters. The number of imidazole rings is 1. The van der Waals surface area contributed by atoms with E-state index in [0.717, 1.165) is 41.8 Å². The number of aromatic nitrogens is 3. The third-order valence-corrected chi connectivity index (χ3v) is 8.77. The number of anilines is 1. The summed E-state index contributed by atoms with van der Waals surface area (Å²) in [5.41, 5.74) is 7.09. The highest BCUT2D eigenvalue weighted by atomic mass is 79.9. The lowest BCUT2D eigenvalue weighted by Gasteiger charge is -2.42. The van der Waals surface area contributed by atoms with Gasteiger partial charge in [-0.25, -0.2) is 9.97 Å². The molecule has 1 aromatic carbocycles. The number of carbonyl (C=O) groups is 1. The van der Waals surface area contributed by atoms with Gasteiger partial charge in [-0.1, -0.05) is 39.3 Å². The van der Waals surface area contributed by atoms with Gasteiger partial charge >= 0.3 is 0 Å². The number of phenolic OH excluding ortho intramolecular Hbond substituents is 1. The van der Waals surface area contributed by atoms with Crippen LogP contribution in [-0.2, 0) is 0 Å². The van der Waals surface area contributed by atoms with Gasteiger partial charge in [0.25, 0.3) is 5.91 Å². The summed E-state index contributed by atoms with van der Waals surface area (Å²) in [6.07, 6.45) is 10.1. The van der Waals surface area contributed by atoms with Crippen LogP contribution < -0.4 is 4.90 Å². The molecule has 1 amide bonds. The van der Waals surface area contributed by atoms with Crippen LogP contribution in [-0.4, -0.2) is 50.5 Å². The van der Waals surface area contributed by atoms with E-state index in [4.69, 9.17) is 0 Å². The fourth-order valence-electron chi connectivity index (χ4n) is 5.94. The van der Waals surface area contributed by atoms with E-state index in [0.29, 0.717) is 45.8 Å². The number of benzene rings is 1. The van der Waals surface area contributed by atoms with Crippen LogP contribution in [0, 0.1) is 0 Å². The van der Waals surface area contributed by atoms with E-state index >= 15 is 0 Å². The molecule has 8 heteroatoms. The zero-order chi connectivity index (χ0) is 27.0. The van der Waals surface area contributed by atoms with Crippen LogP contribution in [0.2, 0.25) is 0 Å². The molecule has 7 nitrogen and oxygen atoms in total. The first-order chi connectivity index (χ1) is 18.3. The van der Waals surface area contributed by atoms with Gasteiger partial charge in [0.2, 0.25) is 0 Å². The molecular formula is C30H36BrN5O2. The minimum absolute atomic E-state index is 0.0786. The van der Waals surface area contributed by atoms with Gasteiger partial charge in [-0.15, -0.1) is 0 Å². The Balaban J connectivity index is 1.53. The van der Waals surface area contributed by atoms with Crippen LogP contribution >= 0.6 is 15.9 Å². The summed E-state index contributed by atoms with van der Waals surface area (Å²) in [5, 5.41) is 11.0. The standard InChI is InChI=1S/C30H36BrN5O2/c1-5-8-18(3)26-22(6-2)36(30(38)21-16-32-29(31)28-27(21)33-17-34-28)14-13-24(26)35(4)23-12-11-20(15-25(23)37)19-9-7-10-19/h11-12,15-17,19,22,37H,3,5-10,13-14H2,1-2,4H3,(H,33,34). The first kappa shape index (κ1) is 26.5. The number of H-pyrrole nitrogens is 1. The van der Waals surface area contributed by atoms with E-state index in [-0.39, 0.29) is 11.9 Å². The number of phenols is 1. The number of amides is 1. The number of nitrogens with one attached hydrogen (secondary N) is 1. The average molecular weight is 579 g/mol. The Bertz CT molecular complexity index is 1410. The van der Waals surface area contributed by atoms with Crippen LogP contribution in [0.4, 0.5) is 5.69 Å². The summed E-state index contributed by atoms with van der Waals surface area (Å²) in [5.74, 6) is 0.788. The molecular weight excluding hydrogens is 542 g/mol. The second-order valence-electron chi connectivity index (χ2n) is 10.4. The summed E-state index contributed by atoms with van der Waals surface area (Å²) in [6.45, 7) is 9.29. The van der Waals surface area contributed by atoms with E-state index in [1.165, 1.54) is 24.8 Å². The molecule has 1 aliphatic carbocycles. The van der Waals surface area contributed by atoms with Crippen LogP contribution in [0.25, 0.3) is 11.0 Å². The van der Waals surface area contributed by atoms with Gasteiger partial charge in [-0.2, -0.15) is 0 Å². The molecule has 0 bridgehead atoms. The van der Waals surface area contributed by atoms with Crippen molar-refractivity contribution in [1.82, 2.24) is 19.9 Å². The van der Waals surface area contributed by atoms with Gasteiger partial charge < -0.3 is 19.9 Å². The Labute approximate surface area is 232 Å². The summed E-state index contributed by atoms with van der Waals surface area (Å²) in [6, 6.07) is 5.99. The summed E-state index contributed by atoms with van der Waals surface area (Å²) in [4.78, 5) is 29.9. The lowest BCUT2D eigenvalue weighted by Crippen LogP contribution is -2.47. The van der Waals surface area contributed by atoms with Crippen molar-refractivity contribution in [2.24, 2.45) is 0 Å². The zero-order valence-electron chi connectivity index (χ0n) is 22.4. The highest BCUT2D eigenvalue weighted by Gasteiger charge is 2.36. The van der Waals surface area contributed by atoms with Crippen LogP contribution in [0.1, 0.15) is 80.6 Å². The first-order valence-electron chi connectivity index (χ1n) is 13.6. The number of hydrogen-bond donors (Lipinski definition) is 2. The van der Waals surface area contributed by atoms with Gasteiger partial charge in [-0.3, -0.25) is 4.79 Å². The van der Waals surface area contributed by atoms with Crippen LogP contribution in [0.15, 0.2) is 58.7 Å². The molecule has 38 heavy (non-hydrogen) atoms. The smallest absolute Gasteiger partial charge is 0.258 e. The minimum atomic E-state index is -0.137. The number of rotatable bonds is 8. The lowest BCUT2D eigenvalue weighted by atomic mass is 9.80. The number of aromatic amines is 1. The number of pyridine rings is 1. The summed E-state index contributed by atoms with van der Waals surface area (Å²) >= 11 is 3.45. The summed E-state index contributed by atoms with van der Waals surface area (Å²) in [7, 11) is 2.02. The molecule has 2 N–H and O–H groups in total. The molecule has 1 unspecified atom stereocenters. The van der Waals surface area contributed by atoms with Crippen molar-refractivity contribution in [3.05, 3.63) is 69.9 Å². The number of carbonyl (C=O) groups excluding carboxylic acids is 1. The predicted molar refractivity (Wildman–Crippen MR) is 155 cm³/mol. The van der Waals surface area contributed by atoms with Gasteiger partial charge in [0.1, 0.15) is 15.9 Å². The Morgan fingerprint density at radius 1 is 1.29 bits per heavy atom. The highest BCUT2D eigenvalue weighted by molar-refractivity contribution is 9.10. The molecule has 3 aromatic rings. The van der Waals surface area contributed by atoms with E-state index < -0.39 is 0 Å². The molecule has 200 valence electrons. The molecule has 5 rings (SSSR count). The second kappa shape index (κ2) is 10.9. The maximum Gasteiger partial charge on any atom is 0.258 e. The van der Waals surface area contributed by atoms with Crippen molar-refractivity contribution in [1.29, 1.82) is 0 Å². The summed E-state index contributed by atoms with van der Waals surface area (Å²) < 4.78 is 0.635. The first-order valence-corrected chi connectivity index (χ1v) is 14.4. The maximum atomic E-state index is 14.0. The zero-order valence-corrected chi connectivity index (χ0v) is 24.0. The van der Waals surface area contributed by atoms with Crippen molar-refractivity contribution < 1.29 is 9.90 Å². The third kappa shape index (κ3) is 4.64. The van der Waals surface area contributed by atoms with Crippen LogP contribution in [0.5, 0.6) is 5.75 Å². The van der Waals surface area contributed by atoms with Gasteiger partial charge in [0.15, 0.2) is 0 Å². The van der Waals surface area contributed by atoms with E-state index in [2.05, 4.69) is 62.3 Å². The number of fused-ring (bicyclic) bond motifs is 1. The Morgan fingerprint density at radius 3 is 2.74 bits per heavy atom. The predicted octanol–water partition coefficient (Wildman–Crippen LogP) is 7.06. The normalized spacial score (nSPS) is 18.1. The van der Waals surface area contributed by atoms with E-state index in [1.54, 1.807) is 12.5 Å². The lowest BCUT2D eigenvalue weighted by molar-refractivity contribution is 0.0691. The largest absolute Gasteiger partial charge is 0.506 e. The highest BCUT2D eigenvalue weighted by Crippen LogP contribution is 2.42. The Hall–Kier alpha value is -3.13. The Morgan fingerprint density at radius 2 is 2.08 bits per heavy atom. The van der Waals surface area contributed by atoms with Crippen molar-refractivity contribution >= 4 is 38.6 Å². The maximum absolute atomic E-state index is 14.0. The van der Waals surface area contributed by atoms with Crippen LogP contribution in [0.3, 0.4) is 0 Å². The average Bonchev–Trinajstić information content (AvgIpc) is 3.37. The quantitative estimate of drug-likeness (QED) is 0.280. The molecule has 0 radical (unpaired) electrons. The monoisotopic (exact) mass is 577 g/mol. The van der Waals surface area contributed by atoms with E-state index in [1.807, 2.05) is 24.1 Å². The van der Waals surface area contributed by atoms with Crippen molar-refractivity contribution in [2.75, 3.05) is 18.5 Å². The second-order valence-corrected chi connectivity index (χ2v) is 11.2. The Kier molecular flexibility index (Phi) is 7.61. The number of halogens is 1. The molecule has 2 aromatic heterocycles. The number of nitrogens with zero attached hydrogens (tertiary/aromatic N) is 4. The minimum Gasteiger partial charge on any atom is -0.506 e. The molecule has 0 spiro atoms. The molecule has 1 saturated carbocycles. The number of aromatic hydroxyl groups is 1. The fourth-order valence-corrected chi connectivity index (χ4v) is 6.34. The van der Waals surface area contributed by atoms with Gasteiger partial charge in [0, 0.05) is 31.9 Å². The SMILES string of the molecule is C=C(CCC)C1=C(N(C)c2ccc(C3CCC3)cc2O)CCN(C(=O)c2cnc(Br)c3[nH]cnc23)C1CC. The van der Waals surface area contributed by atoms with Crippen molar-refractivity contribution in [3.63, 3.8) is 0 Å². The fraction of sp³-hybridized carbons (Fsp3) is 0.433. The van der Waals surface area contributed by atoms with Gasteiger partial charge in [0.05, 0.1) is 29.1 Å². The molecule has 1 aliphatic heterocycles. The number of hydrogen-bond acceptors (Lipinski definition) is 5. The van der Waals surface area contributed by atoms with Crippen molar-refractivity contribution in [2.45, 2.75) is 70.8 Å². The topological polar surface area (TPSA) is 85.4 Å².